The molecule has 6 heteroatoms. The summed E-state index contributed by atoms with van der Waals surface area (Å²) in [6.45, 7) is 1.42. The first-order valence-electron chi connectivity index (χ1n) is 6.55. The van der Waals surface area contributed by atoms with Gasteiger partial charge < -0.3 is 10.6 Å². The summed E-state index contributed by atoms with van der Waals surface area (Å²) in [5.41, 5.74) is 1.95. The Morgan fingerprint density at radius 2 is 1.77 bits per heavy atom. The van der Waals surface area contributed by atoms with Crippen molar-refractivity contribution in [3.05, 3.63) is 57.5 Å². The molecule has 0 heterocycles. The molecule has 2 aromatic rings. The molecule has 2 aromatic carbocycles. The summed E-state index contributed by atoms with van der Waals surface area (Å²) in [7, 11) is 0. The second-order valence-electron chi connectivity index (χ2n) is 4.73. The van der Waals surface area contributed by atoms with Crippen LogP contribution in [-0.4, -0.2) is 11.8 Å². The van der Waals surface area contributed by atoms with Gasteiger partial charge in [-0.25, -0.2) is 0 Å². The topological polar surface area (TPSA) is 58.2 Å². The monoisotopic (exact) mass is 380 g/mol. The lowest BCUT2D eigenvalue weighted by Gasteiger charge is -2.10. The molecule has 0 unspecified atom stereocenters. The molecule has 22 heavy (non-hydrogen) atoms. The highest BCUT2D eigenvalue weighted by atomic mass is 79.9. The number of nitrogens with one attached hydrogen (secondary N) is 2. The molecule has 0 fully saturated rings. The van der Waals surface area contributed by atoms with Gasteiger partial charge in [0.15, 0.2) is 0 Å². The fraction of sp³-hybridized carbons (Fsp3) is 0.125. The van der Waals surface area contributed by atoms with Crippen molar-refractivity contribution >= 4 is 50.7 Å². The van der Waals surface area contributed by atoms with Crippen LogP contribution in [0.4, 0.5) is 11.4 Å². The Balaban J connectivity index is 2.07. The second kappa shape index (κ2) is 7.42. The number of carbonyl (C=O) groups excluding carboxylic acids is 2. The molecule has 0 bridgehead atoms. The van der Waals surface area contributed by atoms with Crippen LogP contribution >= 0.6 is 27.5 Å². The van der Waals surface area contributed by atoms with Crippen LogP contribution in [-0.2, 0) is 16.0 Å². The number of rotatable bonds is 4. The van der Waals surface area contributed by atoms with E-state index in [1.54, 1.807) is 18.2 Å². The highest BCUT2D eigenvalue weighted by Crippen LogP contribution is 2.25. The molecule has 2 rings (SSSR count). The van der Waals surface area contributed by atoms with Gasteiger partial charge in [0.1, 0.15) is 0 Å². The summed E-state index contributed by atoms with van der Waals surface area (Å²) in [5.74, 6) is -0.362. The van der Waals surface area contributed by atoms with Crippen LogP contribution in [0.1, 0.15) is 12.5 Å². The molecule has 2 N–H and O–H groups in total. The van der Waals surface area contributed by atoms with Gasteiger partial charge in [0.25, 0.3) is 0 Å². The van der Waals surface area contributed by atoms with Crippen LogP contribution < -0.4 is 10.6 Å². The van der Waals surface area contributed by atoms with E-state index in [0.29, 0.717) is 16.4 Å². The maximum Gasteiger partial charge on any atom is 0.228 e. The lowest BCUT2D eigenvalue weighted by atomic mass is 10.1. The fourth-order valence-electron chi connectivity index (χ4n) is 1.88. The van der Waals surface area contributed by atoms with Crippen LogP contribution in [0.2, 0.25) is 5.02 Å². The minimum atomic E-state index is -0.186. The fourth-order valence-corrected chi connectivity index (χ4v) is 2.31. The Morgan fingerprint density at radius 3 is 2.41 bits per heavy atom. The highest BCUT2D eigenvalue weighted by Gasteiger charge is 2.08. The lowest BCUT2D eigenvalue weighted by Crippen LogP contribution is -2.15. The molecule has 0 spiro atoms. The average molecular weight is 382 g/mol. The van der Waals surface area contributed by atoms with Gasteiger partial charge in [-0.15, -0.1) is 0 Å². The molecular weight excluding hydrogens is 368 g/mol. The molecule has 0 aliphatic heterocycles. The van der Waals surface area contributed by atoms with Crippen molar-refractivity contribution < 1.29 is 9.59 Å². The molecule has 0 saturated heterocycles. The van der Waals surface area contributed by atoms with Gasteiger partial charge >= 0.3 is 0 Å². The number of amides is 2. The Labute approximate surface area is 142 Å². The van der Waals surface area contributed by atoms with Crippen LogP contribution in [0.25, 0.3) is 0 Å². The van der Waals surface area contributed by atoms with Crippen LogP contribution in [0, 0.1) is 0 Å². The summed E-state index contributed by atoms with van der Waals surface area (Å²) in [4.78, 5) is 23.1. The van der Waals surface area contributed by atoms with E-state index in [1.165, 1.54) is 6.92 Å². The van der Waals surface area contributed by atoms with E-state index in [0.717, 1.165) is 10.0 Å². The van der Waals surface area contributed by atoms with E-state index in [-0.39, 0.29) is 18.2 Å². The quantitative estimate of drug-likeness (QED) is 0.832. The molecule has 0 radical (unpaired) electrons. The van der Waals surface area contributed by atoms with Gasteiger partial charge in [0.2, 0.25) is 11.8 Å². The van der Waals surface area contributed by atoms with E-state index < -0.39 is 0 Å². The SMILES string of the molecule is CC(=O)Nc1ccc(Cl)c(NC(=O)Cc2ccc(Br)cc2)c1. The van der Waals surface area contributed by atoms with E-state index >= 15 is 0 Å². The zero-order valence-corrected chi connectivity index (χ0v) is 14.2. The van der Waals surface area contributed by atoms with Gasteiger partial charge in [-0.3, -0.25) is 9.59 Å². The first kappa shape index (κ1) is 16.5. The van der Waals surface area contributed by atoms with Gasteiger partial charge in [0.05, 0.1) is 17.1 Å². The number of benzene rings is 2. The van der Waals surface area contributed by atoms with E-state index in [1.807, 2.05) is 24.3 Å². The second-order valence-corrected chi connectivity index (χ2v) is 6.05. The van der Waals surface area contributed by atoms with Gasteiger partial charge in [-0.1, -0.05) is 39.7 Å². The van der Waals surface area contributed by atoms with E-state index in [4.69, 9.17) is 11.6 Å². The number of halogens is 2. The predicted molar refractivity (Wildman–Crippen MR) is 92.2 cm³/mol. The van der Waals surface area contributed by atoms with E-state index in [9.17, 15) is 9.59 Å². The molecule has 0 saturated carbocycles. The Bertz CT molecular complexity index is 702. The lowest BCUT2D eigenvalue weighted by molar-refractivity contribution is -0.115. The third kappa shape index (κ3) is 4.86. The molecule has 4 nitrogen and oxygen atoms in total. The van der Waals surface area contributed by atoms with Crippen molar-refractivity contribution in [2.45, 2.75) is 13.3 Å². The Hall–Kier alpha value is -1.85. The standard InChI is InChI=1S/C16H14BrClN2O2/c1-10(21)19-13-6-7-14(18)15(9-13)20-16(22)8-11-2-4-12(17)5-3-11/h2-7,9H,8H2,1H3,(H,19,21)(H,20,22). The number of hydrogen-bond donors (Lipinski definition) is 2. The predicted octanol–water partition coefficient (Wildman–Crippen LogP) is 4.24. The smallest absolute Gasteiger partial charge is 0.228 e. The summed E-state index contributed by atoms with van der Waals surface area (Å²) in [5, 5.41) is 5.82. The van der Waals surface area contributed by atoms with Crippen molar-refractivity contribution in [3.8, 4) is 0 Å². The molecule has 0 aromatic heterocycles. The highest BCUT2D eigenvalue weighted by molar-refractivity contribution is 9.10. The Kier molecular flexibility index (Phi) is 5.57. The Morgan fingerprint density at radius 1 is 1.09 bits per heavy atom. The van der Waals surface area contributed by atoms with Crippen LogP contribution in [0.5, 0.6) is 0 Å². The van der Waals surface area contributed by atoms with Crippen molar-refractivity contribution in [1.29, 1.82) is 0 Å². The van der Waals surface area contributed by atoms with Gasteiger partial charge in [-0.2, -0.15) is 0 Å². The van der Waals surface area contributed by atoms with Crippen molar-refractivity contribution in [2.75, 3.05) is 10.6 Å². The summed E-state index contributed by atoms with van der Waals surface area (Å²) in [6.07, 6.45) is 0.244. The molecule has 0 aliphatic carbocycles. The first-order valence-corrected chi connectivity index (χ1v) is 7.72. The maximum atomic E-state index is 12.1. The molecular formula is C16H14BrClN2O2. The maximum absolute atomic E-state index is 12.1. The third-order valence-electron chi connectivity index (χ3n) is 2.84. The summed E-state index contributed by atoms with van der Waals surface area (Å²) < 4.78 is 0.961. The average Bonchev–Trinajstić information content (AvgIpc) is 2.44. The third-order valence-corrected chi connectivity index (χ3v) is 3.70. The number of anilines is 2. The minimum Gasteiger partial charge on any atom is -0.326 e. The minimum absolute atomic E-state index is 0.177. The number of carbonyl (C=O) groups is 2. The largest absolute Gasteiger partial charge is 0.326 e. The van der Waals surface area contributed by atoms with Crippen molar-refractivity contribution in [2.24, 2.45) is 0 Å². The zero-order valence-electron chi connectivity index (χ0n) is 11.8. The van der Waals surface area contributed by atoms with Crippen molar-refractivity contribution in [3.63, 3.8) is 0 Å². The van der Waals surface area contributed by atoms with Crippen LogP contribution in [0.15, 0.2) is 46.9 Å². The van der Waals surface area contributed by atoms with Gasteiger partial charge in [-0.05, 0) is 35.9 Å². The van der Waals surface area contributed by atoms with Crippen LogP contribution in [0.3, 0.4) is 0 Å². The summed E-state index contributed by atoms with van der Waals surface area (Å²) in [6, 6.07) is 12.4. The van der Waals surface area contributed by atoms with Gasteiger partial charge in [0, 0.05) is 17.1 Å². The zero-order chi connectivity index (χ0) is 16.1. The molecule has 0 atom stereocenters. The molecule has 0 aliphatic rings. The van der Waals surface area contributed by atoms with Crippen molar-refractivity contribution in [1.82, 2.24) is 0 Å². The number of hydrogen-bond acceptors (Lipinski definition) is 2. The van der Waals surface area contributed by atoms with E-state index in [2.05, 4.69) is 26.6 Å². The normalized spacial score (nSPS) is 10.1. The summed E-state index contributed by atoms with van der Waals surface area (Å²) >= 11 is 9.42. The first-order chi connectivity index (χ1) is 10.4. The molecule has 114 valence electrons. The molecule has 2 amide bonds.